The van der Waals surface area contributed by atoms with Gasteiger partial charge in [-0.05, 0) is 12.1 Å². The van der Waals surface area contributed by atoms with Crippen molar-refractivity contribution in [3.8, 4) is 0 Å². The van der Waals surface area contributed by atoms with Crippen molar-refractivity contribution >= 4 is 26.5 Å². The van der Waals surface area contributed by atoms with Gasteiger partial charge in [0.05, 0.1) is 11.4 Å². The Balaban J connectivity index is 2.46. The number of anilines is 1. The molecule has 0 aliphatic carbocycles. The molecule has 6 heteroatoms. The predicted molar refractivity (Wildman–Crippen MR) is 73.3 cm³/mol. The van der Waals surface area contributed by atoms with Crippen LogP contribution in [-0.4, -0.2) is 19.9 Å². The monoisotopic (exact) mass is 280 g/mol. The summed E-state index contributed by atoms with van der Waals surface area (Å²) in [4.78, 5) is 4.30. The zero-order valence-electron chi connectivity index (χ0n) is 9.56. The highest BCUT2D eigenvalue weighted by Crippen LogP contribution is 2.25. The number of hydrogen-bond donors (Lipinski definition) is 0. The number of aromatic nitrogens is 1. The van der Waals surface area contributed by atoms with Gasteiger partial charge in [-0.2, -0.15) is 0 Å². The van der Waals surface area contributed by atoms with E-state index in [2.05, 4.69) is 11.6 Å². The third-order valence-electron chi connectivity index (χ3n) is 2.26. The first-order valence-corrected chi connectivity index (χ1v) is 7.56. The quantitative estimate of drug-likeness (QED) is 0.791. The van der Waals surface area contributed by atoms with Gasteiger partial charge in [-0.3, -0.25) is 0 Å². The largest absolute Gasteiger partial charge is 0.266 e. The van der Waals surface area contributed by atoms with Crippen molar-refractivity contribution in [2.75, 3.05) is 10.8 Å². The van der Waals surface area contributed by atoms with Crippen LogP contribution in [0.4, 0.5) is 5.13 Å². The summed E-state index contributed by atoms with van der Waals surface area (Å²) in [5, 5.41) is 2.19. The van der Waals surface area contributed by atoms with Gasteiger partial charge in [0, 0.05) is 11.6 Å². The molecule has 1 heterocycles. The first-order chi connectivity index (χ1) is 8.66. The van der Waals surface area contributed by atoms with E-state index in [0.717, 1.165) is 0 Å². The van der Waals surface area contributed by atoms with Crippen molar-refractivity contribution in [3.63, 3.8) is 0 Å². The molecule has 2 aromatic rings. The summed E-state index contributed by atoms with van der Waals surface area (Å²) >= 11 is 1.28. The standard InChI is InChI=1S/C12H12N2O2S2/c1-2-9-14(12-13-8-10-17-12)18(15,16)11-6-4-3-5-7-11/h2-8,10H,1,9H2. The Morgan fingerprint density at radius 2 is 2.06 bits per heavy atom. The SMILES string of the molecule is C=CCN(c1nccs1)S(=O)(=O)c1ccccc1. The first kappa shape index (κ1) is 12.8. The van der Waals surface area contributed by atoms with Gasteiger partial charge in [-0.1, -0.05) is 24.3 Å². The van der Waals surface area contributed by atoms with Crippen LogP contribution in [-0.2, 0) is 10.0 Å². The highest BCUT2D eigenvalue weighted by molar-refractivity contribution is 7.93. The second-order valence-corrected chi connectivity index (χ2v) is 6.19. The molecule has 0 saturated carbocycles. The summed E-state index contributed by atoms with van der Waals surface area (Å²) in [5.41, 5.74) is 0. The van der Waals surface area contributed by atoms with Gasteiger partial charge in [0.15, 0.2) is 5.13 Å². The Labute approximate surface area is 110 Å². The number of hydrogen-bond acceptors (Lipinski definition) is 4. The van der Waals surface area contributed by atoms with Crippen LogP contribution < -0.4 is 4.31 Å². The lowest BCUT2D eigenvalue weighted by atomic mass is 10.4. The molecular weight excluding hydrogens is 268 g/mol. The second kappa shape index (κ2) is 5.32. The number of sulfonamides is 1. The molecule has 0 spiro atoms. The van der Waals surface area contributed by atoms with E-state index in [4.69, 9.17) is 0 Å². The van der Waals surface area contributed by atoms with E-state index < -0.39 is 10.0 Å². The van der Waals surface area contributed by atoms with E-state index in [0.29, 0.717) is 5.13 Å². The van der Waals surface area contributed by atoms with E-state index in [1.54, 1.807) is 48.0 Å². The minimum Gasteiger partial charge on any atom is -0.237 e. The predicted octanol–water partition coefficient (Wildman–Crippen LogP) is 2.52. The molecule has 94 valence electrons. The van der Waals surface area contributed by atoms with Crippen molar-refractivity contribution in [3.05, 3.63) is 54.6 Å². The molecule has 0 aliphatic rings. The molecule has 0 bridgehead atoms. The Morgan fingerprint density at radius 3 is 2.61 bits per heavy atom. The Morgan fingerprint density at radius 1 is 1.33 bits per heavy atom. The van der Waals surface area contributed by atoms with Gasteiger partial charge in [0.2, 0.25) is 0 Å². The van der Waals surface area contributed by atoms with E-state index in [1.165, 1.54) is 15.6 Å². The highest BCUT2D eigenvalue weighted by Gasteiger charge is 2.25. The maximum Gasteiger partial charge on any atom is 0.266 e. The van der Waals surface area contributed by atoms with Crippen LogP contribution in [0.5, 0.6) is 0 Å². The van der Waals surface area contributed by atoms with Gasteiger partial charge < -0.3 is 0 Å². The summed E-state index contributed by atoms with van der Waals surface area (Å²) in [7, 11) is -3.58. The Kier molecular flexibility index (Phi) is 3.78. The molecular formula is C12H12N2O2S2. The lowest BCUT2D eigenvalue weighted by Crippen LogP contribution is -2.31. The third kappa shape index (κ3) is 2.44. The lowest BCUT2D eigenvalue weighted by Gasteiger charge is -2.19. The summed E-state index contributed by atoms with van der Waals surface area (Å²) in [6, 6.07) is 8.31. The summed E-state index contributed by atoms with van der Waals surface area (Å²) in [5.74, 6) is 0. The fraction of sp³-hybridized carbons (Fsp3) is 0.0833. The van der Waals surface area contributed by atoms with E-state index in [-0.39, 0.29) is 11.4 Å². The Bertz CT molecular complexity index is 607. The molecule has 18 heavy (non-hydrogen) atoms. The molecule has 0 saturated heterocycles. The number of thiazole rings is 1. The molecule has 0 atom stereocenters. The van der Waals surface area contributed by atoms with Crippen LogP contribution in [0.2, 0.25) is 0 Å². The maximum absolute atomic E-state index is 12.5. The topological polar surface area (TPSA) is 50.3 Å². The number of benzene rings is 1. The van der Waals surface area contributed by atoms with Crippen LogP contribution in [0.25, 0.3) is 0 Å². The average molecular weight is 280 g/mol. The van der Waals surface area contributed by atoms with Crippen LogP contribution in [0.3, 0.4) is 0 Å². The molecule has 0 amide bonds. The molecule has 4 nitrogen and oxygen atoms in total. The van der Waals surface area contributed by atoms with E-state index in [9.17, 15) is 8.42 Å². The van der Waals surface area contributed by atoms with Gasteiger partial charge in [0.25, 0.3) is 10.0 Å². The zero-order chi connectivity index (χ0) is 13.0. The molecule has 0 radical (unpaired) electrons. The van der Waals surface area contributed by atoms with Gasteiger partial charge >= 0.3 is 0 Å². The third-order valence-corrected chi connectivity index (χ3v) is 4.94. The second-order valence-electron chi connectivity index (χ2n) is 3.45. The molecule has 1 aromatic carbocycles. The highest BCUT2D eigenvalue weighted by atomic mass is 32.2. The van der Waals surface area contributed by atoms with Crippen molar-refractivity contribution in [2.24, 2.45) is 0 Å². The van der Waals surface area contributed by atoms with E-state index >= 15 is 0 Å². The van der Waals surface area contributed by atoms with Crippen molar-refractivity contribution in [2.45, 2.75) is 4.90 Å². The molecule has 0 fully saturated rings. The van der Waals surface area contributed by atoms with Gasteiger partial charge in [-0.15, -0.1) is 17.9 Å². The molecule has 1 aromatic heterocycles. The fourth-order valence-corrected chi connectivity index (χ4v) is 3.75. The zero-order valence-corrected chi connectivity index (χ0v) is 11.2. The normalized spacial score (nSPS) is 11.1. The molecule has 0 unspecified atom stereocenters. The summed E-state index contributed by atoms with van der Waals surface area (Å²) in [6.07, 6.45) is 3.12. The number of nitrogens with zero attached hydrogens (tertiary/aromatic N) is 2. The van der Waals surface area contributed by atoms with E-state index in [1.807, 2.05) is 0 Å². The van der Waals surface area contributed by atoms with Gasteiger partial charge in [-0.25, -0.2) is 17.7 Å². The lowest BCUT2D eigenvalue weighted by molar-refractivity contribution is 0.592. The fourth-order valence-electron chi connectivity index (χ4n) is 1.46. The smallest absolute Gasteiger partial charge is 0.237 e. The van der Waals surface area contributed by atoms with Crippen molar-refractivity contribution < 1.29 is 8.42 Å². The van der Waals surface area contributed by atoms with Crippen molar-refractivity contribution in [1.29, 1.82) is 0 Å². The molecule has 2 rings (SSSR count). The minimum atomic E-state index is -3.58. The summed E-state index contributed by atoms with van der Waals surface area (Å²) in [6.45, 7) is 3.79. The minimum absolute atomic E-state index is 0.199. The molecule has 0 aliphatic heterocycles. The van der Waals surface area contributed by atoms with Crippen LogP contribution in [0.1, 0.15) is 0 Å². The van der Waals surface area contributed by atoms with Crippen LogP contribution >= 0.6 is 11.3 Å². The molecule has 0 N–H and O–H groups in total. The summed E-state index contributed by atoms with van der Waals surface area (Å²) < 4.78 is 26.2. The van der Waals surface area contributed by atoms with Crippen molar-refractivity contribution in [1.82, 2.24) is 4.98 Å². The average Bonchev–Trinajstić information content (AvgIpc) is 2.90. The number of rotatable bonds is 5. The first-order valence-electron chi connectivity index (χ1n) is 5.24. The maximum atomic E-state index is 12.5. The van der Waals surface area contributed by atoms with Crippen LogP contribution in [0.15, 0.2) is 59.5 Å². The van der Waals surface area contributed by atoms with Crippen LogP contribution in [0, 0.1) is 0 Å². The van der Waals surface area contributed by atoms with Gasteiger partial charge in [0.1, 0.15) is 0 Å². The Hall–Kier alpha value is -1.66.